The molecule has 0 saturated carbocycles. The molecule has 0 bridgehead atoms. The van der Waals surface area contributed by atoms with E-state index in [2.05, 4.69) is 53.3 Å². The Morgan fingerprint density at radius 3 is 2.59 bits per heavy atom. The van der Waals surface area contributed by atoms with Crippen LogP contribution in [-0.2, 0) is 6.42 Å². The summed E-state index contributed by atoms with van der Waals surface area (Å²) >= 11 is 0. The molecule has 3 rings (SSSR count). The lowest BCUT2D eigenvalue weighted by atomic mass is 10.1. The summed E-state index contributed by atoms with van der Waals surface area (Å²) in [5.41, 5.74) is 3.63. The van der Waals surface area contributed by atoms with Crippen molar-refractivity contribution in [2.75, 3.05) is 37.4 Å². The Morgan fingerprint density at radius 1 is 1.22 bits per heavy atom. The lowest BCUT2D eigenvalue weighted by Crippen LogP contribution is -2.31. The van der Waals surface area contributed by atoms with Gasteiger partial charge < -0.3 is 15.1 Å². The predicted molar refractivity (Wildman–Crippen MR) is 112 cm³/mol. The summed E-state index contributed by atoms with van der Waals surface area (Å²) in [6.07, 6.45) is 6.31. The molecule has 2 heterocycles. The summed E-state index contributed by atoms with van der Waals surface area (Å²) < 4.78 is 0. The molecular weight excluding hydrogens is 336 g/mol. The molecule has 1 saturated heterocycles. The van der Waals surface area contributed by atoms with Gasteiger partial charge in [-0.1, -0.05) is 19.4 Å². The van der Waals surface area contributed by atoms with E-state index in [0.717, 1.165) is 38.0 Å². The zero-order chi connectivity index (χ0) is 19.2. The molecule has 144 valence electrons. The number of aryl methyl sites for hydroxylation is 1. The minimum Gasteiger partial charge on any atom is -0.370 e. The summed E-state index contributed by atoms with van der Waals surface area (Å²) in [6, 6.07) is 12.5. The quantitative estimate of drug-likeness (QED) is 0.809. The van der Waals surface area contributed by atoms with Crippen molar-refractivity contribution in [2.45, 2.75) is 38.6 Å². The second kappa shape index (κ2) is 9.00. The average molecular weight is 367 g/mol. The highest BCUT2D eigenvalue weighted by Gasteiger charge is 2.23. The van der Waals surface area contributed by atoms with Crippen molar-refractivity contribution < 1.29 is 4.79 Å². The molecule has 1 aromatic heterocycles. The number of hydrogen-bond acceptors (Lipinski definition) is 4. The molecular formula is C22H30N4O. The first-order chi connectivity index (χ1) is 13.1. The zero-order valence-electron chi connectivity index (χ0n) is 16.6. The van der Waals surface area contributed by atoms with Crippen LogP contribution in [0.5, 0.6) is 0 Å². The van der Waals surface area contributed by atoms with E-state index in [1.807, 2.05) is 24.4 Å². The fraction of sp³-hybridized carbons (Fsp3) is 0.455. The van der Waals surface area contributed by atoms with E-state index >= 15 is 0 Å². The predicted octanol–water partition coefficient (Wildman–Crippen LogP) is 3.82. The Hall–Kier alpha value is -2.40. The molecule has 0 aliphatic carbocycles. The number of carbonyl (C=O) groups is 1. The number of nitrogens with one attached hydrogen (secondary N) is 1. The largest absolute Gasteiger partial charge is 0.370 e. The Labute approximate surface area is 162 Å². The van der Waals surface area contributed by atoms with Crippen LogP contribution in [-0.4, -0.2) is 49.0 Å². The molecule has 5 nitrogen and oxygen atoms in total. The minimum atomic E-state index is -0.168. The van der Waals surface area contributed by atoms with Crippen LogP contribution < -0.4 is 10.2 Å². The Morgan fingerprint density at radius 2 is 2.00 bits per heavy atom. The van der Waals surface area contributed by atoms with Gasteiger partial charge in [0.2, 0.25) is 0 Å². The van der Waals surface area contributed by atoms with Crippen molar-refractivity contribution in [1.29, 1.82) is 0 Å². The molecule has 1 fully saturated rings. The Bertz CT molecular complexity index is 740. The lowest BCUT2D eigenvalue weighted by molar-refractivity contribution is 0.102. The Balaban J connectivity index is 1.57. The highest BCUT2D eigenvalue weighted by atomic mass is 16.1. The maximum atomic E-state index is 12.4. The van der Waals surface area contributed by atoms with Gasteiger partial charge >= 0.3 is 0 Å². The molecule has 1 aromatic carbocycles. The molecule has 1 unspecified atom stereocenters. The lowest BCUT2D eigenvalue weighted by Gasteiger charge is -2.22. The van der Waals surface area contributed by atoms with Crippen LogP contribution in [0.3, 0.4) is 0 Å². The van der Waals surface area contributed by atoms with Gasteiger partial charge in [0, 0.05) is 36.7 Å². The highest BCUT2D eigenvalue weighted by molar-refractivity contribution is 6.02. The number of unbranched alkanes of at least 4 members (excludes halogenated alkanes) is 1. The maximum absolute atomic E-state index is 12.4. The van der Waals surface area contributed by atoms with Crippen molar-refractivity contribution in [1.82, 2.24) is 9.88 Å². The summed E-state index contributed by atoms with van der Waals surface area (Å²) in [4.78, 5) is 21.4. The molecule has 1 aliphatic rings. The monoisotopic (exact) mass is 366 g/mol. The number of benzene rings is 1. The van der Waals surface area contributed by atoms with E-state index in [-0.39, 0.29) is 5.91 Å². The first-order valence-electron chi connectivity index (χ1n) is 9.84. The highest BCUT2D eigenvalue weighted by Crippen LogP contribution is 2.24. The third-order valence-corrected chi connectivity index (χ3v) is 5.26. The van der Waals surface area contributed by atoms with Crippen LogP contribution in [0.4, 0.5) is 11.4 Å². The van der Waals surface area contributed by atoms with E-state index in [4.69, 9.17) is 0 Å². The maximum Gasteiger partial charge on any atom is 0.274 e. The van der Waals surface area contributed by atoms with Gasteiger partial charge in [0.25, 0.3) is 5.91 Å². The smallest absolute Gasteiger partial charge is 0.274 e. The van der Waals surface area contributed by atoms with Gasteiger partial charge in [-0.15, -0.1) is 0 Å². The van der Waals surface area contributed by atoms with Gasteiger partial charge in [0.05, 0.1) is 0 Å². The van der Waals surface area contributed by atoms with E-state index < -0.39 is 0 Å². The van der Waals surface area contributed by atoms with Gasteiger partial charge in [0.1, 0.15) is 5.69 Å². The van der Waals surface area contributed by atoms with Gasteiger partial charge in [-0.05, 0) is 69.3 Å². The summed E-state index contributed by atoms with van der Waals surface area (Å²) in [5.74, 6) is -0.168. The normalized spacial score (nSPS) is 16.7. The fourth-order valence-corrected chi connectivity index (χ4v) is 3.44. The number of rotatable bonds is 7. The number of pyridine rings is 1. The fourth-order valence-electron chi connectivity index (χ4n) is 3.44. The molecule has 0 spiro atoms. The topological polar surface area (TPSA) is 48.5 Å². The first kappa shape index (κ1) is 19.4. The Kier molecular flexibility index (Phi) is 6.45. The number of nitrogens with zero attached hydrogens (tertiary/aromatic N) is 3. The SMILES string of the molecule is CCCCc1ccc(C(=O)Nc2ccc(N3CCC(N(C)C)C3)cc2)nc1. The van der Waals surface area contributed by atoms with Crippen LogP contribution in [0.1, 0.15) is 42.2 Å². The molecule has 27 heavy (non-hydrogen) atoms. The van der Waals surface area contributed by atoms with E-state index in [9.17, 15) is 4.79 Å². The third-order valence-electron chi connectivity index (χ3n) is 5.26. The molecule has 1 amide bonds. The number of aromatic nitrogens is 1. The number of hydrogen-bond donors (Lipinski definition) is 1. The van der Waals surface area contributed by atoms with Gasteiger partial charge in [-0.3, -0.25) is 9.78 Å². The third kappa shape index (κ3) is 5.07. The second-order valence-electron chi connectivity index (χ2n) is 7.51. The van der Waals surface area contributed by atoms with E-state index in [1.54, 1.807) is 6.07 Å². The number of likely N-dealkylation sites (N-methyl/N-ethyl adjacent to an activating group) is 1. The molecule has 2 aromatic rings. The van der Waals surface area contributed by atoms with Crippen molar-refractivity contribution in [3.8, 4) is 0 Å². The van der Waals surface area contributed by atoms with E-state index in [1.165, 1.54) is 17.7 Å². The van der Waals surface area contributed by atoms with Crippen LogP contribution >= 0.6 is 0 Å². The van der Waals surface area contributed by atoms with Gasteiger partial charge in [-0.25, -0.2) is 0 Å². The summed E-state index contributed by atoms with van der Waals surface area (Å²) in [5, 5.41) is 2.94. The minimum absolute atomic E-state index is 0.168. The average Bonchev–Trinajstić information content (AvgIpc) is 3.18. The van der Waals surface area contributed by atoms with Gasteiger partial charge in [0.15, 0.2) is 0 Å². The van der Waals surface area contributed by atoms with Gasteiger partial charge in [-0.2, -0.15) is 0 Å². The standard InChI is InChI=1S/C22H30N4O/c1-4-5-6-17-7-12-21(23-15-17)22(27)24-18-8-10-19(11-9-18)26-14-13-20(16-26)25(2)3/h7-12,15,20H,4-6,13-14,16H2,1-3H3,(H,24,27). The number of anilines is 2. The second-order valence-corrected chi connectivity index (χ2v) is 7.51. The summed E-state index contributed by atoms with van der Waals surface area (Å²) in [6.45, 7) is 4.29. The van der Waals surface area contributed by atoms with Crippen LogP contribution in [0.25, 0.3) is 0 Å². The van der Waals surface area contributed by atoms with Crippen LogP contribution in [0.2, 0.25) is 0 Å². The number of carbonyl (C=O) groups excluding carboxylic acids is 1. The van der Waals surface area contributed by atoms with Crippen molar-refractivity contribution in [3.05, 3.63) is 53.9 Å². The van der Waals surface area contributed by atoms with Crippen LogP contribution in [0, 0.1) is 0 Å². The zero-order valence-corrected chi connectivity index (χ0v) is 16.6. The summed E-state index contributed by atoms with van der Waals surface area (Å²) in [7, 11) is 4.27. The van der Waals surface area contributed by atoms with Crippen molar-refractivity contribution >= 4 is 17.3 Å². The van der Waals surface area contributed by atoms with Crippen molar-refractivity contribution in [2.24, 2.45) is 0 Å². The van der Waals surface area contributed by atoms with Crippen molar-refractivity contribution in [3.63, 3.8) is 0 Å². The molecule has 1 N–H and O–H groups in total. The van der Waals surface area contributed by atoms with Crippen LogP contribution in [0.15, 0.2) is 42.6 Å². The molecule has 1 aliphatic heterocycles. The molecule has 0 radical (unpaired) electrons. The number of amides is 1. The molecule has 1 atom stereocenters. The molecule has 5 heteroatoms. The van der Waals surface area contributed by atoms with E-state index in [0.29, 0.717) is 11.7 Å². The first-order valence-corrected chi connectivity index (χ1v) is 9.84.